The number of hydrogen-bond acceptors (Lipinski definition) is 6. The zero-order valence-corrected chi connectivity index (χ0v) is 18.5. The molecule has 0 saturated carbocycles. The number of nitrogen functional groups attached to an aromatic ring is 1. The van der Waals surface area contributed by atoms with E-state index in [1.807, 2.05) is 42.5 Å². The van der Waals surface area contributed by atoms with E-state index in [0.29, 0.717) is 45.9 Å². The third-order valence-electron chi connectivity index (χ3n) is 4.44. The molecule has 8 heteroatoms. The van der Waals surface area contributed by atoms with E-state index in [2.05, 4.69) is 39.7 Å². The number of hydrogen-bond donors (Lipinski definition) is 1. The molecule has 4 aromatic rings. The van der Waals surface area contributed by atoms with Gasteiger partial charge in [0.1, 0.15) is 11.6 Å². The van der Waals surface area contributed by atoms with Crippen molar-refractivity contribution in [3.05, 3.63) is 63.1 Å². The van der Waals surface area contributed by atoms with Crippen LogP contribution in [0.15, 0.2) is 56.9 Å². The van der Waals surface area contributed by atoms with Crippen LogP contribution in [-0.4, -0.2) is 19.5 Å². The van der Waals surface area contributed by atoms with Crippen molar-refractivity contribution in [1.29, 1.82) is 0 Å². The second-order valence-corrected chi connectivity index (χ2v) is 9.05. The van der Waals surface area contributed by atoms with Crippen LogP contribution in [-0.2, 0) is 12.3 Å². The summed E-state index contributed by atoms with van der Waals surface area (Å²) < 4.78 is 2.61. The summed E-state index contributed by atoms with van der Waals surface area (Å²) >= 11 is 4.89. The minimum atomic E-state index is -0.0357. The molecule has 0 aliphatic heterocycles. The maximum absolute atomic E-state index is 13.1. The smallest absolute Gasteiger partial charge is 0.262 e. The number of anilines is 1. The molecule has 0 aliphatic carbocycles. The molecular weight excluding hydrogens is 450 g/mol. The molecule has 0 atom stereocenters. The topological polar surface area (TPSA) is 86.7 Å². The molecule has 0 radical (unpaired) electrons. The molecule has 148 valence electrons. The summed E-state index contributed by atoms with van der Waals surface area (Å²) in [4.78, 5) is 26.9. The first kappa shape index (κ1) is 19.8. The standard InChI is InChI=1S/C21H20BrN5OS/c1-12(2)10-27-20(28)15-9-13(22)7-8-17(15)25-21(27)29-11-18-24-16-6-4-3-5-14(16)19(23)26-18/h3-9,12H,10-11H2,1-2H3,(H2,23,24,26). The number of nitrogens with zero attached hydrogens (tertiary/aromatic N) is 4. The lowest BCUT2D eigenvalue weighted by atomic mass is 10.2. The lowest BCUT2D eigenvalue weighted by molar-refractivity contribution is 0.475. The Morgan fingerprint density at radius 1 is 1.07 bits per heavy atom. The lowest BCUT2D eigenvalue weighted by Crippen LogP contribution is -2.25. The molecule has 0 aliphatic rings. The van der Waals surface area contributed by atoms with E-state index < -0.39 is 0 Å². The Morgan fingerprint density at radius 2 is 1.83 bits per heavy atom. The highest BCUT2D eigenvalue weighted by Crippen LogP contribution is 2.25. The Labute approximate surface area is 180 Å². The van der Waals surface area contributed by atoms with Crippen LogP contribution < -0.4 is 11.3 Å². The molecule has 0 spiro atoms. The average Bonchev–Trinajstić information content (AvgIpc) is 2.69. The molecule has 2 aromatic heterocycles. The first-order chi connectivity index (χ1) is 13.9. The monoisotopic (exact) mass is 469 g/mol. The molecule has 2 heterocycles. The molecule has 2 N–H and O–H groups in total. The number of nitrogens with two attached hydrogens (primary N) is 1. The van der Waals surface area contributed by atoms with E-state index in [-0.39, 0.29) is 5.56 Å². The van der Waals surface area contributed by atoms with Gasteiger partial charge in [0.2, 0.25) is 0 Å². The Hall–Kier alpha value is -2.45. The van der Waals surface area contributed by atoms with Gasteiger partial charge in [-0.1, -0.05) is 53.7 Å². The Morgan fingerprint density at radius 3 is 2.62 bits per heavy atom. The minimum Gasteiger partial charge on any atom is -0.383 e. The van der Waals surface area contributed by atoms with Gasteiger partial charge in [-0.25, -0.2) is 15.0 Å². The molecule has 0 fully saturated rings. The van der Waals surface area contributed by atoms with Gasteiger partial charge in [0, 0.05) is 16.4 Å². The van der Waals surface area contributed by atoms with Crippen molar-refractivity contribution in [1.82, 2.24) is 19.5 Å². The van der Waals surface area contributed by atoms with Crippen LogP contribution in [0.5, 0.6) is 0 Å². The maximum Gasteiger partial charge on any atom is 0.262 e. The second kappa shape index (κ2) is 8.12. The predicted molar refractivity (Wildman–Crippen MR) is 122 cm³/mol. The summed E-state index contributed by atoms with van der Waals surface area (Å²) in [6.07, 6.45) is 0. The Balaban J connectivity index is 1.73. The van der Waals surface area contributed by atoms with Crippen LogP contribution in [0.4, 0.5) is 5.82 Å². The van der Waals surface area contributed by atoms with Gasteiger partial charge >= 0.3 is 0 Å². The number of aromatic nitrogens is 4. The molecule has 0 amide bonds. The lowest BCUT2D eigenvalue weighted by Gasteiger charge is -2.15. The fourth-order valence-electron chi connectivity index (χ4n) is 3.15. The molecule has 4 rings (SSSR count). The van der Waals surface area contributed by atoms with Crippen LogP contribution in [0.2, 0.25) is 0 Å². The summed E-state index contributed by atoms with van der Waals surface area (Å²) in [6.45, 7) is 4.76. The third-order valence-corrected chi connectivity index (χ3v) is 5.90. The van der Waals surface area contributed by atoms with Gasteiger partial charge < -0.3 is 5.73 Å². The van der Waals surface area contributed by atoms with Gasteiger partial charge in [0.05, 0.1) is 22.2 Å². The van der Waals surface area contributed by atoms with E-state index in [9.17, 15) is 4.79 Å². The normalized spacial score (nSPS) is 11.6. The summed E-state index contributed by atoms with van der Waals surface area (Å²) in [7, 11) is 0. The minimum absolute atomic E-state index is 0.0357. The molecule has 6 nitrogen and oxygen atoms in total. The average molecular weight is 470 g/mol. The van der Waals surface area contributed by atoms with Crippen molar-refractivity contribution < 1.29 is 0 Å². The summed E-state index contributed by atoms with van der Waals surface area (Å²) in [5, 5.41) is 2.11. The van der Waals surface area contributed by atoms with E-state index in [0.717, 1.165) is 15.4 Å². The Bertz CT molecular complexity index is 1270. The van der Waals surface area contributed by atoms with Crippen molar-refractivity contribution in [2.24, 2.45) is 5.92 Å². The third kappa shape index (κ3) is 4.13. The predicted octanol–water partition coefficient (Wildman–Crippen LogP) is 4.63. The van der Waals surface area contributed by atoms with Gasteiger partial charge in [-0.2, -0.15) is 0 Å². The zero-order valence-electron chi connectivity index (χ0n) is 16.1. The van der Waals surface area contributed by atoms with Crippen LogP contribution in [0.25, 0.3) is 21.8 Å². The number of thioether (sulfide) groups is 1. The maximum atomic E-state index is 13.1. The molecule has 0 saturated heterocycles. The van der Waals surface area contributed by atoms with Crippen LogP contribution in [0.3, 0.4) is 0 Å². The van der Waals surface area contributed by atoms with Crippen LogP contribution in [0.1, 0.15) is 19.7 Å². The van der Waals surface area contributed by atoms with Crippen molar-refractivity contribution in [2.75, 3.05) is 5.73 Å². The quantitative estimate of drug-likeness (QED) is 0.338. The van der Waals surface area contributed by atoms with Crippen molar-refractivity contribution in [3.63, 3.8) is 0 Å². The van der Waals surface area contributed by atoms with E-state index in [4.69, 9.17) is 10.7 Å². The van der Waals surface area contributed by atoms with Crippen molar-refractivity contribution in [3.8, 4) is 0 Å². The molecule has 2 aromatic carbocycles. The number of benzene rings is 2. The number of rotatable bonds is 5. The number of para-hydroxylation sites is 1. The summed E-state index contributed by atoms with van der Waals surface area (Å²) in [5.74, 6) is 1.86. The van der Waals surface area contributed by atoms with Gasteiger partial charge in [-0.05, 0) is 36.2 Å². The fraction of sp³-hybridized carbons (Fsp3) is 0.238. The van der Waals surface area contributed by atoms with Crippen LogP contribution in [0, 0.1) is 5.92 Å². The number of fused-ring (bicyclic) bond motifs is 2. The van der Waals surface area contributed by atoms with Crippen molar-refractivity contribution in [2.45, 2.75) is 31.3 Å². The molecule has 0 bridgehead atoms. The zero-order chi connectivity index (χ0) is 20.5. The second-order valence-electron chi connectivity index (χ2n) is 7.20. The van der Waals surface area contributed by atoms with E-state index in [1.54, 1.807) is 4.57 Å². The first-order valence-electron chi connectivity index (χ1n) is 9.26. The first-order valence-corrected chi connectivity index (χ1v) is 11.0. The van der Waals surface area contributed by atoms with Crippen LogP contribution >= 0.6 is 27.7 Å². The SMILES string of the molecule is CC(C)Cn1c(SCc2nc(N)c3ccccc3n2)nc2ccc(Br)cc2c1=O. The highest BCUT2D eigenvalue weighted by Gasteiger charge is 2.14. The summed E-state index contributed by atoms with van der Waals surface area (Å²) in [5.41, 5.74) is 7.55. The van der Waals surface area contributed by atoms with Gasteiger partial charge in [-0.3, -0.25) is 9.36 Å². The van der Waals surface area contributed by atoms with Gasteiger partial charge in [0.15, 0.2) is 5.16 Å². The molecular formula is C21H20BrN5OS. The number of halogens is 1. The van der Waals surface area contributed by atoms with Crippen molar-refractivity contribution >= 4 is 55.3 Å². The van der Waals surface area contributed by atoms with Gasteiger partial charge in [-0.15, -0.1) is 0 Å². The molecule has 0 unspecified atom stereocenters. The largest absolute Gasteiger partial charge is 0.383 e. The van der Waals surface area contributed by atoms with Gasteiger partial charge in [0.25, 0.3) is 5.56 Å². The Kier molecular flexibility index (Phi) is 5.56. The highest BCUT2D eigenvalue weighted by atomic mass is 79.9. The summed E-state index contributed by atoms with van der Waals surface area (Å²) in [6, 6.07) is 13.2. The van der Waals surface area contributed by atoms with E-state index in [1.165, 1.54) is 11.8 Å². The fourth-order valence-corrected chi connectivity index (χ4v) is 4.38. The van der Waals surface area contributed by atoms with E-state index >= 15 is 0 Å². The molecule has 29 heavy (non-hydrogen) atoms. The highest BCUT2D eigenvalue weighted by molar-refractivity contribution is 9.10.